The summed E-state index contributed by atoms with van der Waals surface area (Å²) in [6, 6.07) is 2.71. The van der Waals surface area contributed by atoms with Gasteiger partial charge in [0.2, 0.25) is 0 Å². The van der Waals surface area contributed by atoms with E-state index in [0.717, 1.165) is 0 Å². The molecule has 0 radical (unpaired) electrons. The van der Waals surface area contributed by atoms with Crippen LogP contribution in [0.15, 0.2) is 21.5 Å². The van der Waals surface area contributed by atoms with Crippen LogP contribution in [0.3, 0.4) is 0 Å². The van der Waals surface area contributed by atoms with E-state index < -0.39 is 4.92 Å². The van der Waals surface area contributed by atoms with Gasteiger partial charge in [-0.1, -0.05) is 0 Å². The molecule has 4 nitrogen and oxygen atoms in total. The van der Waals surface area contributed by atoms with Crippen LogP contribution in [-0.2, 0) is 0 Å². The third-order valence-electron chi connectivity index (χ3n) is 1.44. The fourth-order valence-electron chi connectivity index (χ4n) is 0.821. The molecule has 0 unspecified atom stereocenters. The zero-order chi connectivity index (χ0) is 10.0. The van der Waals surface area contributed by atoms with Gasteiger partial charge < -0.3 is 4.74 Å². The monoisotopic (exact) mass is 263 g/mol. The maximum Gasteiger partial charge on any atom is 0.274 e. The lowest BCUT2D eigenvalue weighted by molar-refractivity contribution is -0.385. The van der Waals surface area contributed by atoms with Crippen LogP contribution in [0.1, 0.15) is 0 Å². The summed E-state index contributed by atoms with van der Waals surface area (Å²) in [5.74, 6) is 0.379. The van der Waals surface area contributed by atoms with Crippen LogP contribution in [0.25, 0.3) is 0 Å². The zero-order valence-corrected chi connectivity index (χ0v) is 9.13. The number of hydrogen-bond donors (Lipinski definition) is 1. The van der Waals surface area contributed by atoms with Gasteiger partial charge in [0.1, 0.15) is 5.75 Å². The predicted molar refractivity (Wildman–Crippen MR) is 54.6 cm³/mol. The van der Waals surface area contributed by atoms with Gasteiger partial charge in [0.05, 0.1) is 23.0 Å². The molecule has 0 saturated carbocycles. The van der Waals surface area contributed by atoms with Crippen molar-refractivity contribution >= 4 is 34.2 Å². The van der Waals surface area contributed by atoms with E-state index in [1.165, 1.54) is 19.2 Å². The number of hydrogen-bond acceptors (Lipinski definition) is 4. The lowest BCUT2D eigenvalue weighted by Crippen LogP contribution is -1.91. The molecule has 0 aliphatic heterocycles. The first kappa shape index (κ1) is 10.3. The van der Waals surface area contributed by atoms with E-state index in [1.54, 1.807) is 0 Å². The van der Waals surface area contributed by atoms with Gasteiger partial charge in [0, 0.05) is 10.5 Å². The standard InChI is InChI=1S/C7H6BrNO3S/c1-12-6-3-4(9(10)11)2-5(8)7(6)13/h2-3,13H,1H3. The lowest BCUT2D eigenvalue weighted by atomic mass is 10.3. The Labute approximate surface area is 88.6 Å². The summed E-state index contributed by atoms with van der Waals surface area (Å²) in [6.45, 7) is 0. The average molecular weight is 264 g/mol. The van der Waals surface area contributed by atoms with Gasteiger partial charge in [-0.25, -0.2) is 0 Å². The number of non-ortho nitro benzene ring substituents is 1. The minimum absolute atomic E-state index is 0.0264. The number of thiol groups is 1. The quantitative estimate of drug-likeness (QED) is 0.507. The number of methoxy groups -OCH3 is 1. The third kappa shape index (κ3) is 2.13. The van der Waals surface area contributed by atoms with Gasteiger partial charge in [-0.05, 0) is 15.9 Å². The molecule has 0 N–H and O–H groups in total. The van der Waals surface area contributed by atoms with E-state index in [-0.39, 0.29) is 5.69 Å². The van der Waals surface area contributed by atoms with Gasteiger partial charge in [-0.15, -0.1) is 12.6 Å². The maximum atomic E-state index is 10.4. The molecule has 1 rings (SSSR count). The lowest BCUT2D eigenvalue weighted by Gasteiger charge is -2.04. The molecular formula is C7H6BrNO3S. The molecule has 0 atom stereocenters. The van der Waals surface area contributed by atoms with Crippen molar-refractivity contribution in [3.8, 4) is 5.75 Å². The van der Waals surface area contributed by atoms with Crippen LogP contribution < -0.4 is 4.74 Å². The smallest absolute Gasteiger partial charge is 0.274 e. The molecule has 0 saturated heterocycles. The van der Waals surface area contributed by atoms with E-state index in [1.807, 2.05) is 0 Å². The van der Waals surface area contributed by atoms with Crippen molar-refractivity contribution in [2.45, 2.75) is 4.90 Å². The summed E-state index contributed by atoms with van der Waals surface area (Å²) in [5.41, 5.74) is -0.0264. The number of nitrogens with zero attached hydrogens (tertiary/aromatic N) is 1. The molecule has 0 aliphatic carbocycles. The predicted octanol–water partition coefficient (Wildman–Crippen LogP) is 2.65. The Kier molecular flexibility index (Phi) is 3.16. The largest absolute Gasteiger partial charge is 0.495 e. The second kappa shape index (κ2) is 3.97. The van der Waals surface area contributed by atoms with Crippen molar-refractivity contribution in [2.75, 3.05) is 7.11 Å². The van der Waals surface area contributed by atoms with Crippen molar-refractivity contribution < 1.29 is 9.66 Å². The van der Waals surface area contributed by atoms with E-state index >= 15 is 0 Å². The normalized spacial score (nSPS) is 9.77. The van der Waals surface area contributed by atoms with Crippen molar-refractivity contribution in [2.24, 2.45) is 0 Å². The molecule has 1 aromatic rings. The van der Waals surface area contributed by atoms with Gasteiger partial charge >= 0.3 is 0 Å². The fourth-order valence-corrected chi connectivity index (χ4v) is 1.47. The molecule has 6 heteroatoms. The molecule has 1 aromatic carbocycles. The first-order chi connectivity index (χ1) is 6.06. The highest BCUT2D eigenvalue weighted by atomic mass is 79.9. The summed E-state index contributed by atoms with van der Waals surface area (Å²) < 4.78 is 5.45. The molecule has 0 fully saturated rings. The second-order valence-electron chi connectivity index (χ2n) is 2.24. The molecule has 0 aliphatic rings. The van der Waals surface area contributed by atoms with Crippen LogP contribution in [-0.4, -0.2) is 12.0 Å². The van der Waals surface area contributed by atoms with E-state index in [9.17, 15) is 10.1 Å². The highest BCUT2D eigenvalue weighted by Gasteiger charge is 2.13. The summed E-state index contributed by atoms with van der Waals surface area (Å²) in [6.07, 6.45) is 0. The van der Waals surface area contributed by atoms with E-state index in [0.29, 0.717) is 15.1 Å². The Bertz CT molecular complexity index is 356. The van der Waals surface area contributed by atoms with Gasteiger partial charge in [0.25, 0.3) is 5.69 Å². The highest BCUT2D eigenvalue weighted by Crippen LogP contribution is 2.34. The molecule has 0 bridgehead atoms. The van der Waals surface area contributed by atoms with Gasteiger partial charge in [-0.2, -0.15) is 0 Å². The average Bonchev–Trinajstić information content (AvgIpc) is 2.09. The van der Waals surface area contributed by atoms with Crippen molar-refractivity contribution in [3.05, 3.63) is 26.7 Å². The summed E-state index contributed by atoms with van der Waals surface area (Å²) in [4.78, 5) is 10.5. The summed E-state index contributed by atoms with van der Waals surface area (Å²) in [5, 5.41) is 10.4. The Morgan fingerprint density at radius 1 is 1.62 bits per heavy atom. The van der Waals surface area contributed by atoms with E-state index in [2.05, 4.69) is 28.6 Å². The van der Waals surface area contributed by atoms with Crippen LogP contribution in [0.2, 0.25) is 0 Å². The van der Waals surface area contributed by atoms with E-state index in [4.69, 9.17) is 4.74 Å². The van der Waals surface area contributed by atoms with Gasteiger partial charge in [0.15, 0.2) is 0 Å². The summed E-state index contributed by atoms with van der Waals surface area (Å²) >= 11 is 7.26. The molecule has 0 heterocycles. The number of halogens is 1. The second-order valence-corrected chi connectivity index (χ2v) is 3.54. The zero-order valence-electron chi connectivity index (χ0n) is 6.65. The van der Waals surface area contributed by atoms with Crippen LogP contribution in [0.5, 0.6) is 5.75 Å². The first-order valence-corrected chi connectivity index (χ1v) is 4.51. The number of benzene rings is 1. The van der Waals surface area contributed by atoms with Gasteiger partial charge in [-0.3, -0.25) is 10.1 Å². The highest BCUT2D eigenvalue weighted by molar-refractivity contribution is 9.10. The molecule has 0 aromatic heterocycles. The summed E-state index contributed by atoms with van der Waals surface area (Å²) in [7, 11) is 1.44. The number of nitro benzene ring substituents is 1. The van der Waals surface area contributed by atoms with Crippen molar-refractivity contribution in [1.82, 2.24) is 0 Å². The molecule has 13 heavy (non-hydrogen) atoms. The number of nitro groups is 1. The fraction of sp³-hybridized carbons (Fsp3) is 0.143. The Hall–Kier alpha value is -0.750. The van der Waals surface area contributed by atoms with Crippen molar-refractivity contribution in [3.63, 3.8) is 0 Å². The first-order valence-electron chi connectivity index (χ1n) is 3.27. The molecular weight excluding hydrogens is 258 g/mol. The Morgan fingerprint density at radius 2 is 2.23 bits per heavy atom. The third-order valence-corrected chi connectivity index (χ3v) is 2.84. The van der Waals surface area contributed by atoms with Crippen molar-refractivity contribution in [1.29, 1.82) is 0 Å². The molecule has 0 amide bonds. The SMILES string of the molecule is COc1cc([N+](=O)[O-])cc(Br)c1S. The van der Waals surface area contributed by atoms with Crippen LogP contribution >= 0.6 is 28.6 Å². The Balaban J connectivity index is 3.30. The Morgan fingerprint density at radius 3 is 2.69 bits per heavy atom. The number of ether oxygens (including phenoxy) is 1. The minimum atomic E-state index is -0.486. The topological polar surface area (TPSA) is 52.4 Å². The number of rotatable bonds is 2. The van der Waals surface area contributed by atoms with Crippen LogP contribution in [0.4, 0.5) is 5.69 Å². The molecule has 0 spiro atoms. The maximum absolute atomic E-state index is 10.4. The molecule has 70 valence electrons. The van der Waals surface area contributed by atoms with Crippen LogP contribution in [0, 0.1) is 10.1 Å². The minimum Gasteiger partial charge on any atom is -0.495 e.